The van der Waals surface area contributed by atoms with Gasteiger partial charge in [-0.2, -0.15) is 0 Å². The van der Waals surface area contributed by atoms with Crippen LogP contribution in [0.5, 0.6) is 0 Å². The van der Waals surface area contributed by atoms with Crippen LogP contribution in [0.15, 0.2) is 0 Å². The highest BCUT2D eigenvalue weighted by atomic mass is 32.2. The fraction of sp³-hybridized carbons (Fsp3) is 1.00. The fourth-order valence-corrected chi connectivity index (χ4v) is 4.45. The summed E-state index contributed by atoms with van der Waals surface area (Å²) >= 11 is 3.45. The van der Waals surface area contributed by atoms with Gasteiger partial charge < -0.3 is 18.9 Å². The summed E-state index contributed by atoms with van der Waals surface area (Å²) in [5.74, 6) is -0.654. The predicted molar refractivity (Wildman–Crippen MR) is 66.0 cm³/mol. The minimum Gasteiger partial charge on any atom is -0.376 e. The molecule has 2 fully saturated rings. The summed E-state index contributed by atoms with van der Waals surface area (Å²) in [5, 5.41) is 0. The Kier molecular flexibility index (Phi) is 4.09. The van der Waals surface area contributed by atoms with Gasteiger partial charge in [0.2, 0.25) is 5.79 Å². The third-order valence-electron chi connectivity index (χ3n) is 3.15. The smallest absolute Gasteiger partial charge is 0.219 e. The van der Waals surface area contributed by atoms with E-state index in [4.69, 9.17) is 18.9 Å². The Hall–Kier alpha value is 0.540. The van der Waals surface area contributed by atoms with Crippen molar-refractivity contribution in [1.29, 1.82) is 0 Å². The first-order valence-electron chi connectivity index (χ1n) is 5.16. The van der Waals surface area contributed by atoms with Crippen molar-refractivity contribution in [3.63, 3.8) is 0 Å². The van der Waals surface area contributed by atoms with E-state index in [1.165, 1.54) is 0 Å². The molecule has 0 N–H and O–H groups in total. The second-order valence-corrected chi connectivity index (χ2v) is 6.03. The molecular formula is C10H18O4S2. The molecule has 4 atom stereocenters. The molecule has 2 heterocycles. The number of hydrogen-bond donors (Lipinski definition) is 0. The molecule has 2 aliphatic heterocycles. The first-order valence-corrected chi connectivity index (χ1v) is 7.74. The minimum atomic E-state index is -0.654. The number of methoxy groups -OCH3 is 2. The topological polar surface area (TPSA) is 36.9 Å². The van der Waals surface area contributed by atoms with Crippen molar-refractivity contribution >= 4 is 23.5 Å². The zero-order valence-corrected chi connectivity index (χ0v) is 11.6. The third-order valence-corrected chi connectivity index (χ3v) is 5.82. The molecule has 0 spiro atoms. The first-order chi connectivity index (χ1) is 7.73. The second-order valence-electron chi connectivity index (χ2n) is 3.85. The second kappa shape index (κ2) is 5.04. The van der Waals surface area contributed by atoms with Crippen LogP contribution in [0.2, 0.25) is 0 Å². The molecule has 2 saturated heterocycles. The van der Waals surface area contributed by atoms with Crippen LogP contribution >= 0.6 is 23.5 Å². The summed E-state index contributed by atoms with van der Waals surface area (Å²) in [5.41, 5.74) is 0. The monoisotopic (exact) mass is 266 g/mol. The van der Waals surface area contributed by atoms with Gasteiger partial charge in [0.15, 0.2) is 0 Å². The van der Waals surface area contributed by atoms with E-state index in [2.05, 4.69) is 12.5 Å². The van der Waals surface area contributed by atoms with Gasteiger partial charge in [-0.15, -0.1) is 23.5 Å². The van der Waals surface area contributed by atoms with Crippen molar-refractivity contribution in [2.24, 2.45) is 0 Å². The molecule has 0 radical (unpaired) electrons. The normalized spacial score (nSPS) is 42.2. The lowest BCUT2D eigenvalue weighted by atomic mass is 10.0. The predicted octanol–water partition coefficient (Wildman–Crippen LogP) is 1.19. The molecule has 4 unspecified atom stereocenters. The minimum absolute atomic E-state index is 0.00301. The van der Waals surface area contributed by atoms with Crippen LogP contribution in [0, 0.1) is 0 Å². The summed E-state index contributed by atoms with van der Waals surface area (Å²) in [6.07, 6.45) is 3.93. The van der Waals surface area contributed by atoms with Gasteiger partial charge in [0.05, 0.1) is 6.61 Å². The summed E-state index contributed by atoms with van der Waals surface area (Å²) < 4.78 is 23.0. The zero-order valence-electron chi connectivity index (χ0n) is 9.97. The van der Waals surface area contributed by atoms with E-state index < -0.39 is 5.79 Å². The molecule has 4 nitrogen and oxygen atoms in total. The van der Waals surface area contributed by atoms with Gasteiger partial charge in [0, 0.05) is 14.2 Å². The summed E-state index contributed by atoms with van der Waals surface area (Å²) in [4.78, 5) is 0. The Morgan fingerprint density at radius 1 is 1.25 bits per heavy atom. The molecule has 94 valence electrons. The molecule has 0 aromatic rings. The average molecular weight is 266 g/mol. The van der Waals surface area contributed by atoms with Crippen LogP contribution in [-0.2, 0) is 18.9 Å². The molecule has 0 aliphatic carbocycles. The highest BCUT2D eigenvalue weighted by molar-refractivity contribution is 8.16. The number of hydrogen-bond acceptors (Lipinski definition) is 6. The van der Waals surface area contributed by atoms with Gasteiger partial charge >= 0.3 is 0 Å². The Balaban J connectivity index is 2.25. The quantitative estimate of drug-likeness (QED) is 0.696. The molecule has 0 aromatic carbocycles. The van der Waals surface area contributed by atoms with Crippen LogP contribution in [0.4, 0.5) is 0 Å². The summed E-state index contributed by atoms with van der Waals surface area (Å²) in [6.45, 7) is 0.593. The van der Waals surface area contributed by atoms with E-state index in [0.717, 1.165) is 0 Å². The van der Waals surface area contributed by atoms with E-state index in [0.29, 0.717) is 6.61 Å². The van der Waals surface area contributed by atoms with E-state index in [9.17, 15) is 0 Å². The molecule has 2 bridgehead atoms. The Bertz CT molecular complexity index is 249. The van der Waals surface area contributed by atoms with Crippen LogP contribution in [0.1, 0.15) is 0 Å². The molecule has 2 aliphatic rings. The lowest BCUT2D eigenvalue weighted by Crippen LogP contribution is -2.54. The van der Waals surface area contributed by atoms with Crippen LogP contribution in [-0.4, -0.2) is 62.0 Å². The van der Waals surface area contributed by atoms with Crippen molar-refractivity contribution in [3.8, 4) is 0 Å². The maximum Gasteiger partial charge on any atom is 0.219 e. The maximum atomic E-state index is 6.00. The Morgan fingerprint density at radius 2 is 1.94 bits per heavy atom. The van der Waals surface area contributed by atoms with Gasteiger partial charge in [0.1, 0.15) is 22.9 Å². The highest BCUT2D eigenvalue weighted by Gasteiger charge is 2.65. The SMILES string of the molecule is COC1C2COC(C(SC)SC)(O2)C1OC. The highest BCUT2D eigenvalue weighted by Crippen LogP contribution is 2.49. The van der Waals surface area contributed by atoms with Crippen LogP contribution in [0.3, 0.4) is 0 Å². The number of rotatable bonds is 5. The Morgan fingerprint density at radius 3 is 2.44 bits per heavy atom. The zero-order chi connectivity index (χ0) is 11.8. The van der Waals surface area contributed by atoms with Gasteiger partial charge in [-0.25, -0.2) is 0 Å². The number of thioether (sulfide) groups is 2. The van der Waals surface area contributed by atoms with Crippen LogP contribution in [0.25, 0.3) is 0 Å². The van der Waals surface area contributed by atoms with Gasteiger partial charge in [-0.05, 0) is 12.5 Å². The van der Waals surface area contributed by atoms with Crippen molar-refractivity contribution in [3.05, 3.63) is 0 Å². The van der Waals surface area contributed by atoms with Crippen molar-refractivity contribution in [2.75, 3.05) is 33.3 Å². The van der Waals surface area contributed by atoms with E-state index in [-0.39, 0.29) is 22.9 Å². The molecule has 6 heteroatoms. The molecule has 0 aromatic heterocycles. The molecule has 16 heavy (non-hydrogen) atoms. The van der Waals surface area contributed by atoms with Crippen molar-refractivity contribution in [2.45, 2.75) is 28.7 Å². The summed E-state index contributed by atoms with van der Waals surface area (Å²) in [6, 6.07) is 0. The number of ether oxygens (including phenoxy) is 4. The third kappa shape index (κ3) is 1.71. The maximum absolute atomic E-state index is 6.00. The van der Waals surface area contributed by atoms with Crippen LogP contribution < -0.4 is 0 Å². The van der Waals surface area contributed by atoms with E-state index >= 15 is 0 Å². The van der Waals surface area contributed by atoms with Crippen molar-refractivity contribution < 1.29 is 18.9 Å². The molecule has 0 amide bonds. The molecule has 0 saturated carbocycles. The van der Waals surface area contributed by atoms with Gasteiger partial charge in [-0.1, -0.05) is 0 Å². The number of fused-ring (bicyclic) bond motifs is 2. The average Bonchev–Trinajstić information content (AvgIpc) is 2.85. The standard InChI is InChI=1S/C10H18O4S2/c1-11-7-6-5-13-10(14-6,8(7)12-2)9(15-3)16-4/h6-9H,5H2,1-4H3. The Labute approximate surface area is 105 Å². The first kappa shape index (κ1) is 13.0. The molecular weight excluding hydrogens is 248 g/mol. The summed E-state index contributed by atoms with van der Waals surface area (Å²) in [7, 11) is 3.38. The van der Waals surface area contributed by atoms with E-state index in [1.54, 1.807) is 37.7 Å². The van der Waals surface area contributed by atoms with Crippen molar-refractivity contribution in [1.82, 2.24) is 0 Å². The lowest BCUT2D eigenvalue weighted by molar-refractivity contribution is -0.205. The van der Waals surface area contributed by atoms with Gasteiger partial charge in [-0.3, -0.25) is 0 Å². The van der Waals surface area contributed by atoms with E-state index in [1.807, 2.05) is 0 Å². The van der Waals surface area contributed by atoms with Gasteiger partial charge in [0.25, 0.3) is 0 Å². The largest absolute Gasteiger partial charge is 0.376 e. The fourth-order valence-electron chi connectivity index (χ4n) is 2.51. The molecule has 2 rings (SSSR count). The lowest BCUT2D eigenvalue weighted by Gasteiger charge is -2.38.